The van der Waals surface area contributed by atoms with E-state index in [1.165, 1.54) is 5.56 Å². The van der Waals surface area contributed by atoms with Gasteiger partial charge < -0.3 is 10.5 Å². The van der Waals surface area contributed by atoms with Gasteiger partial charge in [0.25, 0.3) is 0 Å². The Bertz CT molecular complexity index is 357. The highest BCUT2D eigenvalue weighted by Crippen LogP contribution is 2.25. The summed E-state index contributed by atoms with van der Waals surface area (Å²) in [5, 5.41) is 0. The molecule has 0 spiro atoms. The van der Waals surface area contributed by atoms with Gasteiger partial charge in [0, 0.05) is 36.8 Å². The second kappa shape index (κ2) is 7.89. The molecule has 0 aliphatic heterocycles. The van der Waals surface area contributed by atoms with Crippen molar-refractivity contribution in [2.24, 2.45) is 5.73 Å². The number of methoxy groups -OCH3 is 1. The highest BCUT2D eigenvalue weighted by Gasteiger charge is 2.20. The van der Waals surface area contributed by atoms with Crippen LogP contribution in [0.25, 0.3) is 0 Å². The van der Waals surface area contributed by atoms with Crippen LogP contribution in [0.15, 0.2) is 28.7 Å². The van der Waals surface area contributed by atoms with Crippen LogP contribution < -0.4 is 5.73 Å². The quantitative estimate of drug-likeness (QED) is 0.786. The van der Waals surface area contributed by atoms with E-state index >= 15 is 0 Å². The van der Waals surface area contributed by atoms with E-state index in [-0.39, 0.29) is 12.1 Å². The van der Waals surface area contributed by atoms with Gasteiger partial charge in [0.05, 0.1) is 0 Å². The van der Waals surface area contributed by atoms with Crippen LogP contribution in [-0.4, -0.2) is 38.3 Å². The molecule has 0 bridgehead atoms. The molecule has 2 unspecified atom stereocenters. The highest BCUT2D eigenvalue weighted by molar-refractivity contribution is 9.10. The van der Waals surface area contributed by atoms with Crippen molar-refractivity contribution in [3.05, 3.63) is 34.3 Å². The van der Waals surface area contributed by atoms with Crippen LogP contribution in [0.1, 0.15) is 24.9 Å². The van der Waals surface area contributed by atoms with Gasteiger partial charge in [-0.1, -0.05) is 28.1 Å². The number of rotatable bonds is 7. The molecular weight excluding hydrogens is 292 g/mol. The van der Waals surface area contributed by atoms with Gasteiger partial charge >= 0.3 is 0 Å². The first-order valence-electron chi connectivity index (χ1n) is 6.26. The lowest BCUT2D eigenvalue weighted by Crippen LogP contribution is -2.38. The summed E-state index contributed by atoms with van der Waals surface area (Å²) in [5.74, 6) is 0. The zero-order valence-corrected chi connectivity index (χ0v) is 13.0. The van der Waals surface area contributed by atoms with Gasteiger partial charge in [0.1, 0.15) is 0 Å². The maximum absolute atomic E-state index is 6.14. The third-order valence-corrected chi connectivity index (χ3v) is 3.52. The van der Waals surface area contributed by atoms with Crippen molar-refractivity contribution < 1.29 is 4.74 Å². The molecule has 2 N–H and O–H groups in total. The van der Waals surface area contributed by atoms with Crippen molar-refractivity contribution in [2.45, 2.75) is 25.4 Å². The molecule has 0 amide bonds. The first-order valence-corrected chi connectivity index (χ1v) is 7.05. The van der Waals surface area contributed by atoms with Crippen LogP contribution >= 0.6 is 15.9 Å². The van der Waals surface area contributed by atoms with Gasteiger partial charge in [-0.05, 0) is 38.1 Å². The highest BCUT2D eigenvalue weighted by atomic mass is 79.9. The number of benzene rings is 1. The SMILES string of the molecule is COCCCN(C)C(c1cccc(Br)c1)C(C)N. The van der Waals surface area contributed by atoms with Gasteiger partial charge in [-0.15, -0.1) is 0 Å². The fraction of sp³-hybridized carbons (Fsp3) is 0.571. The molecule has 0 saturated heterocycles. The van der Waals surface area contributed by atoms with Gasteiger partial charge in [0.2, 0.25) is 0 Å². The standard InChI is InChI=1S/C14H23BrN2O/c1-11(16)14(17(2)8-5-9-18-3)12-6-4-7-13(15)10-12/h4,6-7,10-11,14H,5,8-9,16H2,1-3H3. The Labute approximate surface area is 118 Å². The number of halogens is 1. The lowest BCUT2D eigenvalue weighted by atomic mass is 9.99. The molecule has 1 aromatic carbocycles. The Hall–Kier alpha value is -0.420. The van der Waals surface area contributed by atoms with E-state index in [4.69, 9.17) is 10.5 Å². The predicted molar refractivity (Wildman–Crippen MR) is 79.7 cm³/mol. The van der Waals surface area contributed by atoms with Crippen LogP contribution in [0, 0.1) is 0 Å². The van der Waals surface area contributed by atoms with Crippen molar-refractivity contribution >= 4 is 15.9 Å². The Morgan fingerprint density at radius 2 is 2.17 bits per heavy atom. The average Bonchev–Trinajstić information content (AvgIpc) is 2.29. The van der Waals surface area contributed by atoms with E-state index in [1.54, 1.807) is 7.11 Å². The van der Waals surface area contributed by atoms with E-state index in [2.05, 4.69) is 53.0 Å². The van der Waals surface area contributed by atoms with E-state index in [0.29, 0.717) is 0 Å². The summed E-state index contributed by atoms with van der Waals surface area (Å²) in [6.07, 6.45) is 1.02. The molecule has 1 rings (SSSR count). The van der Waals surface area contributed by atoms with Crippen LogP contribution in [0.2, 0.25) is 0 Å². The van der Waals surface area contributed by atoms with Crippen molar-refractivity contribution in [3.63, 3.8) is 0 Å². The van der Waals surface area contributed by atoms with Crippen molar-refractivity contribution in [2.75, 3.05) is 27.3 Å². The fourth-order valence-electron chi connectivity index (χ4n) is 2.25. The number of ether oxygens (including phenoxy) is 1. The molecule has 0 saturated carbocycles. The Morgan fingerprint density at radius 1 is 1.44 bits per heavy atom. The smallest absolute Gasteiger partial charge is 0.0494 e. The molecule has 3 nitrogen and oxygen atoms in total. The monoisotopic (exact) mass is 314 g/mol. The lowest BCUT2D eigenvalue weighted by Gasteiger charge is -2.31. The number of hydrogen-bond donors (Lipinski definition) is 1. The zero-order valence-electron chi connectivity index (χ0n) is 11.4. The van der Waals surface area contributed by atoms with E-state index < -0.39 is 0 Å². The Balaban J connectivity index is 2.76. The van der Waals surface area contributed by atoms with Crippen LogP contribution in [0.5, 0.6) is 0 Å². The molecule has 18 heavy (non-hydrogen) atoms. The summed E-state index contributed by atoms with van der Waals surface area (Å²) in [6, 6.07) is 8.68. The van der Waals surface area contributed by atoms with Crippen molar-refractivity contribution in [1.82, 2.24) is 4.90 Å². The zero-order chi connectivity index (χ0) is 13.5. The molecule has 0 aromatic heterocycles. The third-order valence-electron chi connectivity index (χ3n) is 3.02. The minimum Gasteiger partial charge on any atom is -0.385 e. The third kappa shape index (κ3) is 4.69. The Morgan fingerprint density at radius 3 is 2.72 bits per heavy atom. The van der Waals surface area contributed by atoms with Gasteiger partial charge in [-0.2, -0.15) is 0 Å². The normalized spacial score (nSPS) is 14.8. The summed E-state index contributed by atoms with van der Waals surface area (Å²) >= 11 is 3.51. The van der Waals surface area contributed by atoms with Crippen LogP contribution in [-0.2, 0) is 4.74 Å². The minimum atomic E-state index is 0.0897. The average molecular weight is 315 g/mol. The summed E-state index contributed by atoms with van der Waals surface area (Å²) in [6.45, 7) is 3.82. The summed E-state index contributed by atoms with van der Waals surface area (Å²) < 4.78 is 6.19. The van der Waals surface area contributed by atoms with Gasteiger partial charge in [0.15, 0.2) is 0 Å². The number of nitrogens with zero attached hydrogens (tertiary/aromatic N) is 1. The van der Waals surface area contributed by atoms with E-state index in [0.717, 1.165) is 24.0 Å². The van der Waals surface area contributed by atoms with E-state index in [9.17, 15) is 0 Å². The molecule has 102 valence electrons. The molecule has 0 aliphatic rings. The maximum Gasteiger partial charge on any atom is 0.0494 e. The topological polar surface area (TPSA) is 38.5 Å². The van der Waals surface area contributed by atoms with Crippen molar-refractivity contribution in [3.8, 4) is 0 Å². The molecule has 0 heterocycles. The second-order valence-corrected chi connectivity index (χ2v) is 5.60. The minimum absolute atomic E-state index is 0.0897. The molecule has 0 fully saturated rings. The molecule has 2 atom stereocenters. The summed E-state index contributed by atoms with van der Waals surface area (Å²) in [4.78, 5) is 2.30. The van der Waals surface area contributed by atoms with Crippen LogP contribution in [0.3, 0.4) is 0 Å². The first kappa shape index (κ1) is 15.6. The number of likely N-dealkylation sites (N-methyl/N-ethyl adjacent to an activating group) is 1. The van der Waals surface area contributed by atoms with Crippen molar-refractivity contribution in [1.29, 1.82) is 0 Å². The maximum atomic E-state index is 6.14. The number of nitrogens with two attached hydrogens (primary N) is 1. The molecule has 1 aromatic rings. The number of hydrogen-bond acceptors (Lipinski definition) is 3. The molecule has 0 radical (unpaired) electrons. The first-order chi connectivity index (χ1) is 8.56. The van der Waals surface area contributed by atoms with E-state index in [1.807, 2.05) is 6.07 Å². The van der Waals surface area contributed by atoms with Gasteiger partial charge in [-0.25, -0.2) is 0 Å². The van der Waals surface area contributed by atoms with Crippen LogP contribution in [0.4, 0.5) is 0 Å². The summed E-state index contributed by atoms with van der Waals surface area (Å²) in [7, 11) is 3.85. The lowest BCUT2D eigenvalue weighted by molar-refractivity contribution is 0.158. The molecule has 0 aliphatic carbocycles. The molecular formula is C14H23BrN2O. The molecule has 4 heteroatoms. The Kier molecular flexibility index (Phi) is 6.86. The second-order valence-electron chi connectivity index (χ2n) is 4.69. The van der Waals surface area contributed by atoms with Gasteiger partial charge in [-0.3, -0.25) is 4.90 Å². The summed E-state index contributed by atoms with van der Waals surface area (Å²) in [5.41, 5.74) is 7.39. The largest absolute Gasteiger partial charge is 0.385 e. The fourth-order valence-corrected chi connectivity index (χ4v) is 2.66. The predicted octanol–water partition coefficient (Wildman–Crippen LogP) is 2.81.